The molecule has 4 nitrogen and oxygen atoms in total. The summed E-state index contributed by atoms with van der Waals surface area (Å²) in [6.07, 6.45) is 0.882. The number of hydrogen-bond donors (Lipinski definition) is 1. The summed E-state index contributed by atoms with van der Waals surface area (Å²) >= 11 is 0. The predicted molar refractivity (Wildman–Crippen MR) is 57.5 cm³/mol. The molecule has 0 aromatic heterocycles. The van der Waals surface area contributed by atoms with Crippen molar-refractivity contribution in [2.45, 2.75) is 11.3 Å². The summed E-state index contributed by atoms with van der Waals surface area (Å²) < 4.78 is 36.1. The van der Waals surface area contributed by atoms with Crippen LogP contribution in [-0.4, -0.2) is 27.0 Å². The van der Waals surface area contributed by atoms with Gasteiger partial charge in [-0.25, -0.2) is 12.8 Å². The Hall–Kier alpha value is -1.27. The first-order valence-electron chi connectivity index (χ1n) is 4.59. The molecule has 2 N–H and O–H groups in total. The zero-order chi connectivity index (χ0) is 12.3. The number of Topliss-reactive ketones (excluding diaryl/α,β-unsaturated/α-hetero) is 1. The molecule has 0 aliphatic carbocycles. The Kier molecular flexibility index (Phi) is 3.77. The van der Waals surface area contributed by atoms with E-state index in [0.29, 0.717) is 0 Å². The van der Waals surface area contributed by atoms with Gasteiger partial charge in [0, 0.05) is 12.7 Å². The second-order valence-electron chi connectivity index (χ2n) is 3.35. The molecule has 1 aromatic carbocycles. The first-order valence-corrected chi connectivity index (χ1v) is 6.49. The van der Waals surface area contributed by atoms with E-state index in [9.17, 15) is 17.6 Å². The van der Waals surface area contributed by atoms with E-state index in [1.807, 2.05) is 0 Å². The fourth-order valence-electron chi connectivity index (χ4n) is 1.28. The molecule has 0 radical (unpaired) electrons. The quantitative estimate of drug-likeness (QED) is 0.794. The number of benzene rings is 1. The topological polar surface area (TPSA) is 77.2 Å². The Morgan fingerprint density at radius 1 is 1.44 bits per heavy atom. The minimum Gasteiger partial charge on any atom is -0.330 e. The van der Waals surface area contributed by atoms with Gasteiger partial charge in [0.2, 0.25) is 0 Å². The second-order valence-corrected chi connectivity index (χ2v) is 5.34. The van der Waals surface area contributed by atoms with Crippen LogP contribution in [0.3, 0.4) is 0 Å². The Balaban J connectivity index is 3.30. The van der Waals surface area contributed by atoms with Gasteiger partial charge in [0.25, 0.3) is 0 Å². The Morgan fingerprint density at radius 2 is 2.06 bits per heavy atom. The van der Waals surface area contributed by atoms with E-state index in [2.05, 4.69) is 0 Å². The number of sulfone groups is 1. The van der Waals surface area contributed by atoms with Crippen LogP contribution in [0.15, 0.2) is 23.1 Å². The van der Waals surface area contributed by atoms with E-state index in [0.717, 1.165) is 12.3 Å². The highest BCUT2D eigenvalue weighted by molar-refractivity contribution is 7.90. The zero-order valence-corrected chi connectivity index (χ0v) is 9.55. The smallest absolute Gasteiger partial charge is 0.178 e. The van der Waals surface area contributed by atoms with Gasteiger partial charge < -0.3 is 5.73 Å². The van der Waals surface area contributed by atoms with E-state index < -0.39 is 26.3 Å². The molecule has 6 heteroatoms. The molecule has 0 bridgehead atoms. The van der Waals surface area contributed by atoms with Gasteiger partial charge in [-0.05, 0) is 18.7 Å². The Labute approximate surface area is 93.2 Å². The number of rotatable bonds is 4. The van der Waals surface area contributed by atoms with Gasteiger partial charge in [-0.3, -0.25) is 4.79 Å². The molecule has 0 saturated heterocycles. The molecular weight excluding hydrogens is 233 g/mol. The molecule has 0 heterocycles. The predicted octanol–water partition coefficient (Wildman–Crippen LogP) is 0.761. The van der Waals surface area contributed by atoms with Gasteiger partial charge in [0.1, 0.15) is 4.90 Å². The number of carbonyl (C=O) groups excluding carboxylic acids is 1. The van der Waals surface area contributed by atoms with Crippen molar-refractivity contribution in [1.29, 1.82) is 0 Å². The van der Waals surface area contributed by atoms with Gasteiger partial charge in [0.15, 0.2) is 21.4 Å². The molecule has 1 aromatic rings. The third kappa shape index (κ3) is 2.65. The second kappa shape index (κ2) is 4.71. The van der Waals surface area contributed by atoms with E-state index in [-0.39, 0.29) is 18.5 Å². The molecule has 0 atom stereocenters. The van der Waals surface area contributed by atoms with Crippen LogP contribution in [-0.2, 0) is 9.84 Å². The molecule has 16 heavy (non-hydrogen) atoms. The van der Waals surface area contributed by atoms with Crippen LogP contribution in [0.25, 0.3) is 0 Å². The maximum atomic E-state index is 13.7. The van der Waals surface area contributed by atoms with Crippen LogP contribution < -0.4 is 5.73 Å². The number of hydrogen-bond acceptors (Lipinski definition) is 4. The van der Waals surface area contributed by atoms with Crippen molar-refractivity contribution in [2.24, 2.45) is 5.73 Å². The van der Waals surface area contributed by atoms with Crippen molar-refractivity contribution in [2.75, 3.05) is 12.8 Å². The van der Waals surface area contributed by atoms with Crippen molar-refractivity contribution in [3.8, 4) is 0 Å². The van der Waals surface area contributed by atoms with E-state index >= 15 is 0 Å². The molecule has 0 amide bonds. The van der Waals surface area contributed by atoms with Crippen LogP contribution in [0.2, 0.25) is 0 Å². The minimum absolute atomic E-state index is 0.00979. The third-order valence-corrected chi connectivity index (χ3v) is 3.15. The first-order chi connectivity index (χ1) is 7.38. The Bertz CT molecular complexity index is 511. The van der Waals surface area contributed by atoms with Crippen molar-refractivity contribution >= 4 is 15.6 Å². The van der Waals surface area contributed by atoms with Crippen LogP contribution in [0, 0.1) is 5.82 Å². The molecule has 0 aliphatic heterocycles. The SMILES string of the molecule is CS(=O)(=O)c1cccc(C(=O)CCN)c1F. The Morgan fingerprint density at radius 3 is 2.56 bits per heavy atom. The van der Waals surface area contributed by atoms with Gasteiger partial charge in [0.05, 0.1) is 5.56 Å². The molecular formula is C10H12FNO3S. The van der Waals surface area contributed by atoms with E-state index in [4.69, 9.17) is 5.73 Å². The van der Waals surface area contributed by atoms with E-state index in [1.165, 1.54) is 12.1 Å². The normalized spacial score (nSPS) is 11.4. The maximum Gasteiger partial charge on any atom is 0.178 e. The van der Waals surface area contributed by atoms with Crippen molar-refractivity contribution in [3.63, 3.8) is 0 Å². The number of carbonyl (C=O) groups is 1. The zero-order valence-electron chi connectivity index (χ0n) is 8.73. The molecule has 1 rings (SSSR count). The average Bonchev–Trinajstić information content (AvgIpc) is 2.16. The maximum absolute atomic E-state index is 13.7. The largest absolute Gasteiger partial charge is 0.330 e. The fourth-order valence-corrected chi connectivity index (χ4v) is 2.04. The summed E-state index contributed by atoms with van der Waals surface area (Å²) in [5.41, 5.74) is 4.95. The lowest BCUT2D eigenvalue weighted by Gasteiger charge is -2.05. The lowest BCUT2D eigenvalue weighted by Crippen LogP contribution is -2.12. The first kappa shape index (κ1) is 12.8. The molecule has 0 fully saturated rings. The summed E-state index contributed by atoms with van der Waals surface area (Å²) in [5, 5.41) is 0. The summed E-state index contributed by atoms with van der Waals surface area (Å²) in [4.78, 5) is 11.0. The summed E-state index contributed by atoms with van der Waals surface area (Å²) in [6, 6.07) is 3.72. The number of ketones is 1. The van der Waals surface area contributed by atoms with Crippen molar-refractivity contribution in [1.82, 2.24) is 0 Å². The van der Waals surface area contributed by atoms with Gasteiger partial charge >= 0.3 is 0 Å². The molecule has 88 valence electrons. The fraction of sp³-hybridized carbons (Fsp3) is 0.300. The van der Waals surface area contributed by atoms with Crippen molar-refractivity contribution in [3.05, 3.63) is 29.6 Å². The molecule has 0 aliphatic rings. The lowest BCUT2D eigenvalue weighted by atomic mass is 10.1. The minimum atomic E-state index is -3.66. The molecule has 0 unspecified atom stereocenters. The average molecular weight is 245 g/mol. The third-order valence-electron chi connectivity index (χ3n) is 2.03. The standard InChI is InChI=1S/C10H12FNO3S/c1-16(14,15)9-4-2-3-7(10(9)11)8(13)5-6-12/h2-4H,5-6,12H2,1H3. The van der Waals surface area contributed by atoms with E-state index in [1.54, 1.807) is 0 Å². The van der Waals surface area contributed by atoms with Crippen LogP contribution in [0.4, 0.5) is 4.39 Å². The summed E-state index contributed by atoms with van der Waals surface area (Å²) in [7, 11) is -3.66. The molecule has 0 saturated carbocycles. The monoisotopic (exact) mass is 245 g/mol. The van der Waals surface area contributed by atoms with Gasteiger partial charge in [-0.1, -0.05) is 6.07 Å². The van der Waals surface area contributed by atoms with Gasteiger partial charge in [-0.2, -0.15) is 0 Å². The highest BCUT2D eigenvalue weighted by atomic mass is 32.2. The van der Waals surface area contributed by atoms with Gasteiger partial charge in [-0.15, -0.1) is 0 Å². The summed E-state index contributed by atoms with van der Waals surface area (Å²) in [6.45, 7) is 0.0986. The summed E-state index contributed by atoms with van der Waals surface area (Å²) in [5.74, 6) is -1.49. The number of halogens is 1. The highest BCUT2D eigenvalue weighted by Crippen LogP contribution is 2.18. The molecule has 0 spiro atoms. The lowest BCUT2D eigenvalue weighted by molar-refractivity contribution is 0.0981. The van der Waals surface area contributed by atoms with Crippen molar-refractivity contribution < 1.29 is 17.6 Å². The number of nitrogens with two attached hydrogens (primary N) is 1. The van der Waals surface area contributed by atoms with Crippen LogP contribution in [0.1, 0.15) is 16.8 Å². The van der Waals surface area contributed by atoms with Crippen LogP contribution in [0.5, 0.6) is 0 Å². The highest BCUT2D eigenvalue weighted by Gasteiger charge is 2.19. The van der Waals surface area contributed by atoms with Crippen LogP contribution >= 0.6 is 0 Å².